The van der Waals surface area contributed by atoms with Crippen LogP contribution in [0.3, 0.4) is 0 Å². The van der Waals surface area contributed by atoms with E-state index < -0.39 is 12.5 Å². The average molecular weight is 147 g/mol. The largest absolute Gasteiger partial charge is 0.370 e. The molecule has 10 heavy (non-hydrogen) atoms. The summed E-state index contributed by atoms with van der Waals surface area (Å²) in [6, 6.07) is 0. The molecule has 2 unspecified atom stereocenters. The van der Waals surface area contributed by atoms with Gasteiger partial charge in [0.25, 0.3) is 0 Å². The van der Waals surface area contributed by atoms with Gasteiger partial charge in [0, 0.05) is 0 Å². The van der Waals surface area contributed by atoms with Crippen molar-refractivity contribution >= 4 is 5.96 Å². The molecule has 0 aromatic rings. The normalized spacial score (nSPS) is 15.9. The first kappa shape index (κ1) is 9.19. The van der Waals surface area contributed by atoms with E-state index >= 15 is 0 Å². The van der Waals surface area contributed by atoms with E-state index in [1.54, 1.807) is 6.92 Å². The number of nitrogens with two attached hydrogens (primary N) is 2. The maximum Gasteiger partial charge on any atom is 0.188 e. The molecule has 0 aliphatic rings. The van der Waals surface area contributed by atoms with Gasteiger partial charge in [-0.25, -0.2) is 4.99 Å². The second kappa shape index (κ2) is 4.08. The Morgan fingerprint density at radius 2 is 2.00 bits per heavy atom. The molecule has 0 heterocycles. The number of ether oxygens (including phenoxy) is 1. The van der Waals surface area contributed by atoms with E-state index in [0.717, 1.165) is 0 Å². The van der Waals surface area contributed by atoms with E-state index in [1.165, 1.54) is 6.92 Å². The van der Waals surface area contributed by atoms with Gasteiger partial charge in [0.15, 0.2) is 18.5 Å². The lowest BCUT2D eigenvalue weighted by Crippen LogP contribution is -2.26. The number of aliphatic hydroxyl groups is 1. The van der Waals surface area contributed by atoms with E-state index in [4.69, 9.17) is 21.3 Å². The van der Waals surface area contributed by atoms with Gasteiger partial charge < -0.3 is 21.3 Å². The number of hydrogen-bond acceptors (Lipinski definition) is 3. The third kappa shape index (κ3) is 5.33. The molecule has 2 atom stereocenters. The maximum atomic E-state index is 8.66. The highest BCUT2D eigenvalue weighted by molar-refractivity contribution is 5.75. The summed E-state index contributed by atoms with van der Waals surface area (Å²) in [6.07, 6.45) is -1.34. The van der Waals surface area contributed by atoms with E-state index in [0.29, 0.717) is 0 Å². The van der Waals surface area contributed by atoms with Crippen LogP contribution >= 0.6 is 0 Å². The number of aliphatic hydroxyl groups excluding tert-OH is 1. The van der Waals surface area contributed by atoms with Crippen molar-refractivity contribution < 1.29 is 9.84 Å². The molecule has 5 N–H and O–H groups in total. The van der Waals surface area contributed by atoms with E-state index in [-0.39, 0.29) is 5.96 Å². The maximum absolute atomic E-state index is 8.66. The summed E-state index contributed by atoms with van der Waals surface area (Å²) in [5, 5.41) is 8.66. The van der Waals surface area contributed by atoms with Gasteiger partial charge in [0.2, 0.25) is 0 Å². The quantitative estimate of drug-likeness (QED) is 0.270. The summed E-state index contributed by atoms with van der Waals surface area (Å²) in [6.45, 7) is 3.12. The van der Waals surface area contributed by atoms with Crippen LogP contribution in [0.15, 0.2) is 4.99 Å². The van der Waals surface area contributed by atoms with Crippen molar-refractivity contribution in [1.29, 1.82) is 0 Å². The van der Waals surface area contributed by atoms with Gasteiger partial charge in [0.1, 0.15) is 0 Å². The first-order valence-electron chi connectivity index (χ1n) is 2.94. The minimum absolute atomic E-state index is 0.0480. The van der Waals surface area contributed by atoms with Crippen molar-refractivity contribution in [1.82, 2.24) is 0 Å². The predicted octanol–water partition coefficient (Wildman–Crippen LogP) is -1.04. The Labute approximate surface area is 59.7 Å². The lowest BCUT2D eigenvalue weighted by atomic mass is 10.6. The minimum Gasteiger partial charge on any atom is -0.370 e. The summed E-state index contributed by atoms with van der Waals surface area (Å²) in [5.74, 6) is -0.0480. The van der Waals surface area contributed by atoms with Crippen molar-refractivity contribution in [2.75, 3.05) is 0 Å². The Bertz CT molecular complexity index is 120. The number of guanidine groups is 1. The van der Waals surface area contributed by atoms with Crippen LogP contribution in [-0.4, -0.2) is 23.6 Å². The second-order valence-electron chi connectivity index (χ2n) is 1.89. The summed E-state index contributed by atoms with van der Waals surface area (Å²) < 4.78 is 4.77. The summed E-state index contributed by atoms with van der Waals surface area (Å²) in [5.41, 5.74) is 10.1. The molecule has 5 nitrogen and oxygen atoms in total. The van der Waals surface area contributed by atoms with Crippen molar-refractivity contribution in [2.45, 2.75) is 26.4 Å². The molecule has 0 saturated heterocycles. The molecular weight excluding hydrogens is 134 g/mol. The van der Waals surface area contributed by atoms with Gasteiger partial charge in [0.05, 0.1) is 0 Å². The fourth-order valence-electron chi connectivity index (χ4n) is 0.525. The van der Waals surface area contributed by atoms with Crippen LogP contribution in [0.4, 0.5) is 0 Å². The zero-order valence-corrected chi connectivity index (χ0v) is 6.11. The van der Waals surface area contributed by atoms with Crippen LogP contribution in [-0.2, 0) is 4.74 Å². The summed E-state index contributed by atoms with van der Waals surface area (Å²) in [4.78, 5) is 3.61. The van der Waals surface area contributed by atoms with Crippen LogP contribution in [0.1, 0.15) is 13.8 Å². The standard InChI is InChI=1S/C5H13N3O2/c1-3(8-5(6)7)10-4(2)9/h3-4,9H,1-2H3,(H4,6,7,8). The number of nitrogens with zero attached hydrogens (tertiary/aromatic N) is 1. The van der Waals surface area contributed by atoms with Crippen molar-refractivity contribution in [3.63, 3.8) is 0 Å². The zero-order valence-electron chi connectivity index (χ0n) is 6.11. The fourth-order valence-corrected chi connectivity index (χ4v) is 0.525. The molecule has 0 aliphatic carbocycles. The van der Waals surface area contributed by atoms with Gasteiger partial charge in [-0.1, -0.05) is 0 Å². The van der Waals surface area contributed by atoms with Gasteiger partial charge >= 0.3 is 0 Å². The van der Waals surface area contributed by atoms with Crippen LogP contribution in [0.2, 0.25) is 0 Å². The fraction of sp³-hybridized carbons (Fsp3) is 0.800. The second-order valence-corrected chi connectivity index (χ2v) is 1.89. The Morgan fingerprint density at radius 3 is 2.30 bits per heavy atom. The molecule has 0 radical (unpaired) electrons. The molecular formula is C5H13N3O2. The van der Waals surface area contributed by atoms with Crippen molar-refractivity contribution in [3.8, 4) is 0 Å². The minimum atomic E-state index is -0.849. The third-order valence-electron chi connectivity index (χ3n) is 0.725. The SMILES string of the molecule is CC(O)OC(C)N=C(N)N. The summed E-state index contributed by atoms with van der Waals surface area (Å²) >= 11 is 0. The lowest BCUT2D eigenvalue weighted by molar-refractivity contribution is -0.115. The molecule has 0 spiro atoms. The topological polar surface area (TPSA) is 93.9 Å². The Balaban J connectivity index is 3.64. The Morgan fingerprint density at radius 1 is 1.50 bits per heavy atom. The van der Waals surface area contributed by atoms with Crippen LogP contribution in [0.25, 0.3) is 0 Å². The van der Waals surface area contributed by atoms with E-state index in [9.17, 15) is 0 Å². The molecule has 0 aromatic heterocycles. The van der Waals surface area contributed by atoms with Gasteiger partial charge in [-0.05, 0) is 13.8 Å². The van der Waals surface area contributed by atoms with E-state index in [1.807, 2.05) is 0 Å². The van der Waals surface area contributed by atoms with E-state index in [2.05, 4.69) is 4.99 Å². The van der Waals surface area contributed by atoms with Crippen LogP contribution in [0.5, 0.6) is 0 Å². The molecule has 0 aromatic carbocycles. The highest BCUT2D eigenvalue weighted by Gasteiger charge is 2.01. The Kier molecular flexibility index (Phi) is 3.75. The zero-order chi connectivity index (χ0) is 8.15. The molecule has 0 aliphatic heterocycles. The first-order chi connectivity index (χ1) is 4.52. The van der Waals surface area contributed by atoms with Gasteiger partial charge in [-0.2, -0.15) is 0 Å². The molecule has 5 heteroatoms. The molecule has 60 valence electrons. The predicted molar refractivity (Wildman–Crippen MR) is 38.0 cm³/mol. The smallest absolute Gasteiger partial charge is 0.188 e. The van der Waals surface area contributed by atoms with Gasteiger partial charge in [-0.3, -0.25) is 0 Å². The van der Waals surface area contributed by atoms with Crippen molar-refractivity contribution in [3.05, 3.63) is 0 Å². The first-order valence-corrected chi connectivity index (χ1v) is 2.94. The highest BCUT2D eigenvalue weighted by atomic mass is 16.6. The van der Waals surface area contributed by atoms with Gasteiger partial charge in [-0.15, -0.1) is 0 Å². The molecule has 0 amide bonds. The van der Waals surface area contributed by atoms with Crippen LogP contribution < -0.4 is 11.5 Å². The molecule has 0 rings (SSSR count). The number of aliphatic imine (C=N–C) groups is 1. The average Bonchev–Trinajstić information content (AvgIpc) is 1.58. The monoisotopic (exact) mass is 147 g/mol. The molecule has 0 bridgehead atoms. The molecule has 0 fully saturated rings. The van der Waals surface area contributed by atoms with Crippen molar-refractivity contribution in [2.24, 2.45) is 16.5 Å². The molecule has 0 saturated carbocycles. The van der Waals surface area contributed by atoms with Crippen LogP contribution in [0, 0.1) is 0 Å². The number of rotatable bonds is 3. The number of hydrogen-bond donors (Lipinski definition) is 3. The Hall–Kier alpha value is -0.810. The third-order valence-corrected chi connectivity index (χ3v) is 0.725. The highest BCUT2D eigenvalue weighted by Crippen LogP contribution is 1.94. The summed E-state index contributed by atoms with van der Waals surface area (Å²) in [7, 11) is 0. The lowest BCUT2D eigenvalue weighted by Gasteiger charge is -2.10.